The minimum Gasteiger partial charge on any atom is -0.340 e. The molecule has 1 saturated heterocycles. The van der Waals surface area contributed by atoms with E-state index in [0.29, 0.717) is 6.07 Å². The van der Waals surface area contributed by atoms with E-state index < -0.39 is 27.6 Å². The third-order valence-corrected chi connectivity index (χ3v) is 7.32. The van der Waals surface area contributed by atoms with Crippen molar-refractivity contribution >= 4 is 38.4 Å². The topological polar surface area (TPSA) is 99.7 Å². The summed E-state index contributed by atoms with van der Waals surface area (Å²) in [5.41, 5.74) is 0.0903. The van der Waals surface area contributed by atoms with Crippen molar-refractivity contribution < 1.29 is 26.8 Å². The van der Waals surface area contributed by atoms with Gasteiger partial charge in [0.15, 0.2) is 5.82 Å². The fraction of sp³-hybridized carbons (Fsp3) is 0.227. The smallest absolute Gasteiger partial charge is 0.255 e. The van der Waals surface area contributed by atoms with Gasteiger partial charge in [-0.2, -0.15) is 4.31 Å². The molecular formula is C22H20F2N4O4S. The Labute approximate surface area is 188 Å². The zero-order valence-corrected chi connectivity index (χ0v) is 18.4. The monoisotopic (exact) mass is 474 g/mol. The second-order valence-electron chi connectivity index (χ2n) is 7.53. The van der Waals surface area contributed by atoms with Crippen LogP contribution in [0.5, 0.6) is 0 Å². The number of fused-ring (bicyclic) bond motifs is 1. The zero-order valence-electron chi connectivity index (χ0n) is 17.6. The van der Waals surface area contributed by atoms with Crippen molar-refractivity contribution in [2.45, 2.75) is 11.8 Å². The fourth-order valence-corrected chi connectivity index (χ4v) is 5.14. The van der Waals surface area contributed by atoms with Crippen LogP contribution in [-0.4, -0.2) is 60.6 Å². The first-order chi connectivity index (χ1) is 15.7. The Morgan fingerprint density at radius 2 is 1.76 bits per heavy atom. The van der Waals surface area contributed by atoms with Crippen molar-refractivity contribution in [1.29, 1.82) is 0 Å². The summed E-state index contributed by atoms with van der Waals surface area (Å²) in [6, 6.07) is 8.66. The normalized spacial score (nSPS) is 14.9. The maximum Gasteiger partial charge on any atom is 0.255 e. The summed E-state index contributed by atoms with van der Waals surface area (Å²) in [7, 11) is -3.88. The number of amides is 2. The molecule has 0 atom stereocenters. The van der Waals surface area contributed by atoms with E-state index in [1.165, 1.54) is 47.8 Å². The molecule has 1 N–H and O–H groups in total. The molecule has 8 nitrogen and oxygen atoms in total. The van der Waals surface area contributed by atoms with Gasteiger partial charge < -0.3 is 10.2 Å². The third-order valence-electron chi connectivity index (χ3n) is 5.43. The van der Waals surface area contributed by atoms with Crippen LogP contribution >= 0.6 is 0 Å². The standard InChI is InChI=1S/C22H20F2N4O4S/c1-14(29)27-7-9-28(10-8-27)33(31,32)17-4-2-3-15(11-17)22(30)26-20-5-6-25-21-18(20)12-16(23)13-19(21)24/h2-6,11-13H,7-10H2,1H3,(H,25,26,30). The van der Waals surface area contributed by atoms with Crippen LogP contribution in [0.3, 0.4) is 0 Å². The van der Waals surface area contributed by atoms with Gasteiger partial charge in [-0.25, -0.2) is 17.2 Å². The molecule has 11 heteroatoms. The molecule has 0 bridgehead atoms. The molecule has 1 aromatic heterocycles. The highest BCUT2D eigenvalue weighted by Crippen LogP contribution is 2.26. The number of carbonyl (C=O) groups excluding carboxylic acids is 2. The lowest BCUT2D eigenvalue weighted by atomic mass is 10.1. The average molecular weight is 474 g/mol. The quantitative estimate of drug-likeness (QED) is 0.627. The van der Waals surface area contributed by atoms with Gasteiger partial charge in [0.25, 0.3) is 5.91 Å². The van der Waals surface area contributed by atoms with Crippen LogP contribution in [0.4, 0.5) is 14.5 Å². The van der Waals surface area contributed by atoms with Crippen molar-refractivity contribution in [2.24, 2.45) is 0 Å². The van der Waals surface area contributed by atoms with E-state index in [1.54, 1.807) is 4.90 Å². The molecule has 1 aliphatic heterocycles. The van der Waals surface area contributed by atoms with E-state index in [9.17, 15) is 26.8 Å². The second kappa shape index (κ2) is 8.83. The first kappa shape index (κ1) is 22.7. The van der Waals surface area contributed by atoms with Crippen molar-refractivity contribution in [3.05, 3.63) is 65.9 Å². The van der Waals surface area contributed by atoms with E-state index in [4.69, 9.17) is 0 Å². The van der Waals surface area contributed by atoms with E-state index >= 15 is 0 Å². The Hall–Kier alpha value is -3.44. The van der Waals surface area contributed by atoms with Crippen molar-refractivity contribution in [2.75, 3.05) is 31.5 Å². The molecule has 0 saturated carbocycles. The number of rotatable bonds is 4. The van der Waals surface area contributed by atoms with Crippen molar-refractivity contribution in [3.8, 4) is 0 Å². The van der Waals surface area contributed by atoms with Crippen LogP contribution in [0.1, 0.15) is 17.3 Å². The number of hydrogen-bond acceptors (Lipinski definition) is 5. The summed E-state index contributed by atoms with van der Waals surface area (Å²) >= 11 is 0. The lowest BCUT2D eigenvalue weighted by Gasteiger charge is -2.33. The van der Waals surface area contributed by atoms with E-state index in [1.807, 2.05) is 0 Å². The summed E-state index contributed by atoms with van der Waals surface area (Å²) < 4.78 is 55.1. The van der Waals surface area contributed by atoms with Crippen LogP contribution < -0.4 is 5.32 Å². The summed E-state index contributed by atoms with van der Waals surface area (Å²) in [6.07, 6.45) is 1.28. The molecule has 172 valence electrons. The molecule has 0 aliphatic carbocycles. The van der Waals surface area contributed by atoms with Gasteiger partial charge in [0.1, 0.15) is 11.3 Å². The number of anilines is 1. The van der Waals surface area contributed by atoms with Gasteiger partial charge in [-0.15, -0.1) is 0 Å². The maximum atomic E-state index is 14.0. The Kier molecular flexibility index (Phi) is 6.09. The van der Waals surface area contributed by atoms with Crippen LogP contribution in [0.2, 0.25) is 0 Å². The lowest BCUT2D eigenvalue weighted by Crippen LogP contribution is -2.49. The number of nitrogens with one attached hydrogen (secondary N) is 1. The molecule has 33 heavy (non-hydrogen) atoms. The lowest BCUT2D eigenvalue weighted by molar-refractivity contribution is -0.129. The molecule has 2 amide bonds. The number of carbonyl (C=O) groups is 2. The van der Waals surface area contributed by atoms with E-state index in [-0.39, 0.29) is 59.1 Å². The van der Waals surface area contributed by atoms with E-state index in [2.05, 4.69) is 10.3 Å². The summed E-state index contributed by atoms with van der Waals surface area (Å²) in [5, 5.41) is 2.65. The summed E-state index contributed by atoms with van der Waals surface area (Å²) in [4.78, 5) is 29.7. The minimum absolute atomic E-state index is 0.0558. The Balaban J connectivity index is 1.58. The largest absolute Gasteiger partial charge is 0.340 e. The third kappa shape index (κ3) is 4.55. The number of sulfonamides is 1. The Morgan fingerprint density at radius 1 is 1.03 bits per heavy atom. The van der Waals surface area contributed by atoms with Gasteiger partial charge >= 0.3 is 0 Å². The number of piperazine rings is 1. The van der Waals surface area contributed by atoms with Gasteiger partial charge in [0.05, 0.1) is 10.6 Å². The van der Waals surface area contributed by atoms with Gasteiger partial charge in [-0.1, -0.05) is 6.07 Å². The Bertz CT molecular complexity index is 1360. The first-order valence-electron chi connectivity index (χ1n) is 10.1. The molecule has 1 fully saturated rings. The van der Waals surface area contributed by atoms with Crippen molar-refractivity contribution in [1.82, 2.24) is 14.2 Å². The maximum absolute atomic E-state index is 14.0. The van der Waals surface area contributed by atoms with Crippen molar-refractivity contribution in [3.63, 3.8) is 0 Å². The zero-order chi connectivity index (χ0) is 23.8. The Morgan fingerprint density at radius 3 is 2.45 bits per heavy atom. The number of halogens is 2. The summed E-state index contributed by atoms with van der Waals surface area (Å²) in [5.74, 6) is -2.44. The number of aromatic nitrogens is 1. The molecule has 2 heterocycles. The molecule has 0 radical (unpaired) electrons. The molecule has 3 aromatic rings. The van der Waals surface area contributed by atoms with Crippen LogP contribution in [0.25, 0.3) is 10.9 Å². The average Bonchev–Trinajstić information content (AvgIpc) is 2.79. The second-order valence-corrected chi connectivity index (χ2v) is 9.47. The molecule has 0 unspecified atom stereocenters. The fourth-order valence-electron chi connectivity index (χ4n) is 3.67. The van der Waals surface area contributed by atoms with E-state index in [0.717, 1.165) is 6.07 Å². The number of benzene rings is 2. The van der Waals surface area contributed by atoms with Gasteiger partial charge in [0, 0.05) is 56.3 Å². The molecule has 0 spiro atoms. The number of pyridine rings is 1. The van der Waals surface area contributed by atoms with Crippen LogP contribution in [0, 0.1) is 11.6 Å². The molecule has 2 aromatic carbocycles. The van der Waals surface area contributed by atoms with Gasteiger partial charge in [0.2, 0.25) is 15.9 Å². The highest BCUT2D eigenvalue weighted by atomic mass is 32.2. The molecule has 1 aliphatic rings. The van der Waals surface area contributed by atoms with Crippen LogP contribution in [-0.2, 0) is 14.8 Å². The predicted octanol–water partition coefficient (Wildman–Crippen LogP) is 2.62. The van der Waals surface area contributed by atoms with Gasteiger partial charge in [-0.3, -0.25) is 14.6 Å². The van der Waals surface area contributed by atoms with Gasteiger partial charge in [-0.05, 0) is 30.3 Å². The number of nitrogens with zero attached hydrogens (tertiary/aromatic N) is 3. The predicted molar refractivity (Wildman–Crippen MR) is 117 cm³/mol. The highest BCUT2D eigenvalue weighted by molar-refractivity contribution is 7.89. The SMILES string of the molecule is CC(=O)N1CCN(S(=O)(=O)c2cccc(C(=O)Nc3ccnc4c(F)cc(F)cc34)c2)CC1. The molecular weight excluding hydrogens is 454 g/mol. The first-order valence-corrected chi connectivity index (χ1v) is 11.5. The minimum atomic E-state index is -3.88. The van der Waals surface area contributed by atoms with Crippen LogP contribution in [0.15, 0.2) is 53.6 Å². The highest BCUT2D eigenvalue weighted by Gasteiger charge is 2.29. The molecule has 4 rings (SSSR count). The number of hydrogen-bond donors (Lipinski definition) is 1. The summed E-state index contributed by atoms with van der Waals surface area (Å²) in [6.45, 7) is 2.31.